The number of carbonyl (C=O) groups is 1. The fourth-order valence-electron chi connectivity index (χ4n) is 2.52. The van der Waals surface area contributed by atoms with E-state index in [1.807, 2.05) is 6.92 Å². The summed E-state index contributed by atoms with van der Waals surface area (Å²) in [6.45, 7) is 2.69. The molecule has 0 unspecified atom stereocenters. The topological polar surface area (TPSA) is 62.2 Å². The third kappa shape index (κ3) is 4.58. The van der Waals surface area contributed by atoms with Crippen LogP contribution in [-0.4, -0.2) is 28.6 Å². The molecule has 1 aromatic rings. The van der Waals surface area contributed by atoms with Gasteiger partial charge in [0.2, 0.25) is 5.91 Å². The Morgan fingerprint density at radius 3 is 3.11 bits per heavy atom. The van der Waals surface area contributed by atoms with Gasteiger partial charge in [0.1, 0.15) is 0 Å². The van der Waals surface area contributed by atoms with Gasteiger partial charge in [-0.3, -0.25) is 4.79 Å². The van der Waals surface area contributed by atoms with Crippen LogP contribution in [0.2, 0.25) is 0 Å². The van der Waals surface area contributed by atoms with Crippen molar-refractivity contribution in [3.05, 3.63) is 16.1 Å². The highest BCUT2D eigenvalue weighted by Crippen LogP contribution is 2.24. The lowest BCUT2D eigenvalue weighted by molar-refractivity contribution is -0.127. The number of hydrogen-bond donors (Lipinski definition) is 2. The largest absolute Gasteiger partial charge is 0.393 e. The summed E-state index contributed by atoms with van der Waals surface area (Å²) < 4.78 is 0. The average Bonchev–Trinajstić information content (AvgIpc) is 2.80. The van der Waals surface area contributed by atoms with Crippen molar-refractivity contribution in [1.29, 1.82) is 0 Å². The molecular formula is C14H22N2O2S. The van der Waals surface area contributed by atoms with Gasteiger partial charge in [-0.25, -0.2) is 4.98 Å². The van der Waals surface area contributed by atoms with Crippen molar-refractivity contribution in [2.45, 2.75) is 51.6 Å². The fraction of sp³-hybridized carbons (Fsp3) is 0.714. The van der Waals surface area contributed by atoms with Gasteiger partial charge in [-0.1, -0.05) is 6.42 Å². The van der Waals surface area contributed by atoms with Gasteiger partial charge in [0.25, 0.3) is 0 Å². The van der Waals surface area contributed by atoms with Crippen molar-refractivity contribution in [2.75, 3.05) is 6.54 Å². The van der Waals surface area contributed by atoms with Gasteiger partial charge >= 0.3 is 0 Å². The molecule has 2 rings (SSSR count). The normalized spacial score (nSPS) is 23.3. The van der Waals surface area contributed by atoms with E-state index >= 15 is 0 Å². The van der Waals surface area contributed by atoms with E-state index in [4.69, 9.17) is 0 Å². The monoisotopic (exact) mass is 282 g/mol. The van der Waals surface area contributed by atoms with Crippen LogP contribution in [0.3, 0.4) is 0 Å². The summed E-state index contributed by atoms with van der Waals surface area (Å²) in [7, 11) is 0. The minimum absolute atomic E-state index is 0.00542. The fourth-order valence-corrected chi connectivity index (χ4v) is 3.33. The second-order valence-corrected chi connectivity index (χ2v) is 6.24. The number of thiazole rings is 1. The maximum Gasteiger partial charge on any atom is 0.223 e. The van der Waals surface area contributed by atoms with Gasteiger partial charge in [0.15, 0.2) is 0 Å². The summed E-state index contributed by atoms with van der Waals surface area (Å²) in [5, 5.41) is 15.7. The van der Waals surface area contributed by atoms with Gasteiger partial charge in [-0.05, 0) is 32.6 Å². The molecule has 0 saturated heterocycles. The molecule has 0 aliphatic heterocycles. The van der Waals surface area contributed by atoms with Crippen molar-refractivity contribution >= 4 is 17.2 Å². The number of aryl methyl sites for hydroxylation is 2. The number of rotatable bonds is 5. The first kappa shape index (κ1) is 14.5. The van der Waals surface area contributed by atoms with Gasteiger partial charge in [-0.15, -0.1) is 11.3 Å². The van der Waals surface area contributed by atoms with Crippen LogP contribution >= 0.6 is 11.3 Å². The molecule has 1 heterocycles. The maximum absolute atomic E-state index is 11.9. The Balaban J connectivity index is 1.63. The highest BCUT2D eigenvalue weighted by Gasteiger charge is 2.25. The van der Waals surface area contributed by atoms with Crippen LogP contribution in [0.25, 0.3) is 0 Å². The molecule has 1 aliphatic rings. The van der Waals surface area contributed by atoms with E-state index < -0.39 is 0 Å². The number of aromatic nitrogens is 1. The summed E-state index contributed by atoms with van der Waals surface area (Å²) in [5.74, 6) is 0.111. The van der Waals surface area contributed by atoms with Crippen LogP contribution in [0.1, 0.15) is 42.8 Å². The number of aliphatic hydroxyl groups is 1. The number of amides is 1. The Hall–Kier alpha value is -0.940. The second-order valence-electron chi connectivity index (χ2n) is 5.29. The Morgan fingerprint density at radius 2 is 2.42 bits per heavy atom. The predicted molar refractivity (Wildman–Crippen MR) is 76.1 cm³/mol. The summed E-state index contributed by atoms with van der Waals surface area (Å²) >= 11 is 1.68. The number of nitrogens with zero attached hydrogens (tertiary/aromatic N) is 1. The molecule has 1 amide bonds. The quantitative estimate of drug-likeness (QED) is 0.813. The lowest BCUT2D eigenvalue weighted by atomic mass is 9.87. The highest BCUT2D eigenvalue weighted by molar-refractivity contribution is 7.09. The number of nitrogens with one attached hydrogen (secondary N) is 1. The molecular weight excluding hydrogens is 260 g/mol. The molecule has 0 spiro atoms. The van der Waals surface area contributed by atoms with E-state index in [2.05, 4.69) is 15.7 Å². The van der Waals surface area contributed by atoms with E-state index in [0.29, 0.717) is 13.0 Å². The highest BCUT2D eigenvalue weighted by atomic mass is 32.1. The Bertz CT molecular complexity index is 419. The molecule has 1 saturated carbocycles. The molecule has 4 nitrogen and oxygen atoms in total. The molecule has 1 fully saturated rings. The average molecular weight is 282 g/mol. The van der Waals surface area contributed by atoms with E-state index in [-0.39, 0.29) is 17.9 Å². The lowest BCUT2D eigenvalue weighted by Crippen LogP contribution is -2.35. The first-order valence-electron chi connectivity index (χ1n) is 7.02. The summed E-state index contributed by atoms with van der Waals surface area (Å²) in [5.41, 5.74) is 1.07. The molecule has 2 N–H and O–H groups in total. The Kier molecular flexibility index (Phi) is 5.34. The van der Waals surface area contributed by atoms with Crippen molar-refractivity contribution in [3.63, 3.8) is 0 Å². The number of aliphatic hydroxyl groups excluding tert-OH is 1. The zero-order chi connectivity index (χ0) is 13.7. The van der Waals surface area contributed by atoms with E-state index in [9.17, 15) is 9.90 Å². The van der Waals surface area contributed by atoms with E-state index in [0.717, 1.165) is 42.8 Å². The van der Waals surface area contributed by atoms with Crippen LogP contribution < -0.4 is 5.32 Å². The SMILES string of the molecule is Cc1csc(CCCNC(=O)[C@@H]2CCC[C@H](O)C2)n1. The molecule has 0 radical (unpaired) electrons. The van der Waals surface area contributed by atoms with Crippen LogP contribution in [0.5, 0.6) is 0 Å². The van der Waals surface area contributed by atoms with Crippen molar-refractivity contribution < 1.29 is 9.90 Å². The van der Waals surface area contributed by atoms with Crippen molar-refractivity contribution in [3.8, 4) is 0 Å². The van der Waals surface area contributed by atoms with Crippen molar-refractivity contribution in [2.24, 2.45) is 5.92 Å². The van der Waals surface area contributed by atoms with Gasteiger partial charge in [0.05, 0.1) is 11.1 Å². The van der Waals surface area contributed by atoms with Gasteiger partial charge in [0, 0.05) is 30.0 Å². The summed E-state index contributed by atoms with van der Waals surface area (Å²) in [6.07, 6.45) is 4.89. The summed E-state index contributed by atoms with van der Waals surface area (Å²) in [6, 6.07) is 0. The Morgan fingerprint density at radius 1 is 1.58 bits per heavy atom. The minimum atomic E-state index is -0.289. The van der Waals surface area contributed by atoms with Crippen LogP contribution in [-0.2, 0) is 11.2 Å². The number of carbonyl (C=O) groups excluding carboxylic acids is 1. The summed E-state index contributed by atoms with van der Waals surface area (Å²) in [4.78, 5) is 16.3. The molecule has 0 bridgehead atoms. The molecule has 19 heavy (non-hydrogen) atoms. The molecule has 1 aromatic heterocycles. The standard InChI is InChI=1S/C14H22N2O2S/c1-10-9-19-13(16-10)6-3-7-15-14(18)11-4-2-5-12(17)8-11/h9,11-12,17H,2-8H2,1H3,(H,15,18)/t11-,12+/m1/s1. The minimum Gasteiger partial charge on any atom is -0.393 e. The molecule has 0 aromatic carbocycles. The van der Waals surface area contributed by atoms with Crippen LogP contribution in [0, 0.1) is 12.8 Å². The third-order valence-corrected chi connectivity index (χ3v) is 4.58. The smallest absolute Gasteiger partial charge is 0.223 e. The Labute approximate surface area is 118 Å². The number of hydrogen-bond acceptors (Lipinski definition) is 4. The molecule has 5 heteroatoms. The molecule has 1 aliphatic carbocycles. The predicted octanol–water partition coefficient (Wildman–Crippen LogP) is 2.05. The van der Waals surface area contributed by atoms with E-state index in [1.165, 1.54) is 0 Å². The van der Waals surface area contributed by atoms with Crippen LogP contribution in [0.15, 0.2) is 5.38 Å². The second kappa shape index (κ2) is 7.01. The maximum atomic E-state index is 11.9. The molecule has 106 valence electrons. The van der Waals surface area contributed by atoms with E-state index in [1.54, 1.807) is 11.3 Å². The third-order valence-electron chi connectivity index (χ3n) is 3.55. The first-order chi connectivity index (χ1) is 9.15. The molecule has 2 atom stereocenters. The first-order valence-corrected chi connectivity index (χ1v) is 7.90. The zero-order valence-corrected chi connectivity index (χ0v) is 12.2. The van der Waals surface area contributed by atoms with Gasteiger partial charge in [-0.2, -0.15) is 0 Å². The van der Waals surface area contributed by atoms with Crippen LogP contribution in [0.4, 0.5) is 0 Å². The van der Waals surface area contributed by atoms with Gasteiger partial charge < -0.3 is 10.4 Å². The lowest BCUT2D eigenvalue weighted by Gasteiger charge is -2.24. The van der Waals surface area contributed by atoms with Crippen molar-refractivity contribution in [1.82, 2.24) is 10.3 Å². The zero-order valence-electron chi connectivity index (χ0n) is 11.4.